The van der Waals surface area contributed by atoms with Crippen molar-refractivity contribution < 1.29 is 33.6 Å². The topological polar surface area (TPSA) is 209 Å². The average Bonchev–Trinajstić information content (AvgIpc) is 3.32. The number of hydrogen-bond acceptors (Lipinski definition) is 9. The van der Waals surface area contributed by atoms with Crippen LogP contribution in [0.2, 0.25) is 0 Å². The lowest BCUT2D eigenvalue weighted by molar-refractivity contribution is -0.137. The molecule has 0 aromatic heterocycles. The van der Waals surface area contributed by atoms with E-state index in [-0.39, 0.29) is 56.1 Å². The molecular formula is C28H39N7O7S. The van der Waals surface area contributed by atoms with Gasteiger partial charge < -0.3 is 32.3 Å². The lowest BCUT2D eigenvalue weighted by atomic mass is 10.1. The molecule has 7 amide bonds. The maximum absolute atomic E-state index is 12.8. The van der Waals surface area contributed by atoms with Crippen molar-refractivity contribution in [1.82, 2.24) is 31.5 Å². The van der Waals surface area contributed by atoms with Gasteiger partial charge in [0.25, 0.3) is 11.8 Å². The van der Waals surface area contributed by atoms with E-state index in [1.807, 2.05) is 6.07 Å². The number of benzene rings is 1. The molecule has 0 saturated carbocycles. The van der Waals surface area contributed by atoms with Gasteiger partial charge in [0, 0.05) is 43.8 Å². The molecule has 0 fully saturated rings. The minimum atomic E-state index is -0.996. The molecule has 7 N–H and O–H groups in total. The summed E-state index contributed by atoms with van der Waals surface area (Å²) in [5.41, 5.74) is 6.19. The molecule has 0 saturated heterocycles. The molecule has 1 aliphatic heterocycles. The van der Waals surface area contributed by atoms with Crippen LogP contribution in [0.4, 0.5) is 0 Å². The lowest BCUT2D eigenvalue weighted by Gasteiger charge is -2.19. The summed E-state index contributed by atoms with van der Waals surface area (Å²) < 4.78 is 0. The largest absolute Gasteiger partial charge is 0.347 e. The van der Waals surface area contributed by atoms with Gasteiger partial charge in [-0.1, -0.05) is 36.8 Å². The van der Waals surface area contributed by atoms with Crippen molar-refractivity contribution in [2.45, 2.75) is 38.1 Å². The third kappa shape index (κ3) is 14.5. The van der Waals surface area contributed by atoms with E-state index in [9.17, 15) is 33.6 Å². The van der Waals surface area contributed by atoms with Crippen molar-refractivity contribution in [3.8, 4) is 0 Å². The summed E-state index contributed by atoms with van der Waals surface area (Å²) in [5, 5.41) is 12.6. The van der Waals surface area contributed by atoms with E-state index >= 15 is 0 Å². The standard InChI is InChI=1S/C28H39N7O7S/c29-12-14-43-19-33-24(38)17-32-28(42)21(15-20-7-3-1-4-8-20)34-25(39)18-31-23(37)16-30-22(36)9-5-2-6-13-35-26(40)10-11-27(35)41/h1,3-4,7-8,10-11,21H,2,5-6,9,12-19,29H2,(H,30,36)(H,31,37)(H,32,42)(H,33,38)(H,34,39)/t21-/m0/s1. The first-order valence-electron chi connectivity index (χ1n) is 13.9. The summed E-state index contributed by atoms with van der Waals surface area (Å²) in [4.78, 5) is 85.7. The molecule has 1 aromatic carbocycles. The number of carbonyl (C=O) groups is 7. The summed E-state index contributed by atoms with van der Waals surface area (Å²) in [6, 6.07) is 8.01. The van der Waals surface area contributed by atoms with Crippen LogP contribution < -0.4 is 32.3 Å². The Hall–Kier alpha value is -4.24. The Kier molecular flexibility index (Phi) is 16.1. The monoisotopic (exact) mass is 617 g/mol. The zero-order valence-electron chi connectivity index (χ0n) is 23.9. The van der Waals surface area contributed by atoms with Gasteiger partial charge in [-0.15, -0.1) is 11.8 Å². The Balaban J connectivity index is 1.69. The maximum Gasteiger partial charge on any atom is 0.253 e. The minimum Gasteiger partial charge on any atom is -0.347 e. The summed E-state index contributed by atoms with van der Waals surface area (Å²) in [6.07, 6.45) is 4.46. The SMILES string of the molecule is NCCSCNC(=O)CNC(=O)[C@H](Cc1ccccc1)NC(=O)CNC(=O)CNC(=O)CCCCCN1C(=O)C=CC1=O. The summed E-state index contributed by atoms with van der Waals surface area (Å²) >= 11 is 1.45. The fourth-order valence-corrected chi connectivity index (χ4v) is 4.41. The van der Waals surface area contributed by atoms with Gasteiger partial charge in [0.2, 0.25) is 29.5 Å². The predicted octanol–water partition coefficient (Wildman–Crippen LogP) is -1.69. The zero-order chi connectivity index (χ0) is 31.5. The van der Waals surface area contributed by atoms with E-state index in [1.165, 1.54) is 23.9 Å². The quantitative estimate of drug-likeness (QED) is 0.0560. The highest BCUT2D eigenvalue weighted by molar-refractivity contribution is 7.99. The van der Waals surface area contributed by atoms with Crippen LogP contribution in [0.15, 0.2) is 42.5 Å². The second-order valence-corrected chi connectivity index (χ2v) is 10.6. The van der Waals surface area contributed by atoms with Gasteiger partial charge in [0.1, 0.15) is 6.04 Å². The molecule has 0 radical (unpaired) electrons. The molecule has 234 valence electrons. The number of imide groups is 1. The van der Waals surface area contributed by atoms with Crippen LogP contribution in [0.5, 0.6) is 0 Å². The van der Waals surface area contributed by atoms with Crippen molar-refractivity contribution in [2.75, 3.05) is 44.4 Å². The van der Waals surface area contributed by atoms with Gasteiger partial charge >= 0.3 is 0 Å². The van der Waals surface area contributed by atoms with Crippen LogP contribution in [0.25, 0.3) is 0 Å². The number of nitrogens with one attached hydrogen (secondary N) is 5. The Morgan fingerprint density at radius 1 is 0.767 bits per heavy atom. The van der Waals surface area contributed by atoms with E-state index in [1.54, 1.807) is 24.3 Å². The Morgan fingerprint density at radius 2 is 1.40 bits per heavy atom. The molecule has 0 bridgehead atoms. The van der Waals surface area contributed by atoms with E-state index in [4.69, 9.17) is 5.73 Å². The Morgan fingerprint density at radius 3 is 2.09 bits per heavy atom. The summed E-state index contributed by atoms with van der Waals surface area (Å²) in [6.45, 7) is -0.248. The zero-order valence-corrected chi connectivity index (χ0v) is 24.7. The van der Waals surface area contributed by atoms with Crippen LogP contribution in [-0.2, 0) is 40.0 Å². The second kappa shape index (κ2) is 19.8. The average molecular weight is 618 g/mol. The lowest BCUT2D eigenvalue weighted by Crippen LogP contribution is -2.52. The van der Waals surface area contributed by atoms with Crippen LogP contribution in [0.1, 0.15) is 31.2 Å². The fourth-order valence-electron chi connectivity index (χ4n) is 3.84. The Labute approximate surface area is 254 Å². The smallest absolute Gasteiger partial charge is 0.253 e. The maximum atomic E-state index is 12.8. The Bertz CT molecular complexity index is 1150. The molecule has 1 aromatic rings. The molecule has 43 heavy (non-hydrogen) atoms. The normalized spacial score (nSPS) is 12.9. The second-order valence-electron chi connectivity index (χ2n) is 9.49. The molecular weight excluding hydrogens is 578 g/mol. The van der Waals surface area contributed by atoms with Crippen LogP contribution in [0.3, 0.4) is 0 Å². The van der Waals surface area contributed by atoms with Gasteiger partial charge in [0.05, 0.1) is 25.5 Å². The minimum absolute atomic E-state index is 0.161. The van der Waals surface area contributed by atoms with E-state index in [2.05, 4.69) is 26.6 Å². The van der Waals surface area contributed by atoms with Crippen LogP contribution in [0, 0.1) is 0 Å². The van der Waals surface area contributed by atoms with Gasteiger partial charge in [-0.25, -0.2) is 0 Å². The molecule has 2 rings (SSSR count). The molecule has 14 nitrogen and oxygen atoms in total. The number of thioether (sulfide) groups is 1. The number of amides is 7. The van der Waals surface area contributed by atoms with Gasteiger partial charge in [-0.3, -0.25) is 38.5 Å². The van der Waals surface area contributed by atoms with Crippen LogP contribution >= 0.6 is 11.8 Å². The molecule has 0 unspecified atom stereocenters. The number of unbranched alkanes of at least 4 members (excludes halogenated alkanes) is 2. The predicted molar refractivity (Wildman–Crippen MR) is 160 cm³/mol. The van der Waals surface area contributed by atoms with E-state index in [0.29, 0.717) is 37.4 Å². The van der Waals surface area contributed by atoms with E-state index in [0.717, 1.165) is 10.5 Å². The molecule has 0 spiro atoms. The first-order chi connectivity index (χ1) is 20.7. The highest BCUT2D eigenvalue weighted by atomic mass is 32.2. The molecule has 1 atom stereocenters. The number of rotatable bonds is 20. The molecule has 15 heteroatoms. The molecule has 0 aliphatic carbocycles. The van der Waals surface area contributed by atoms with Crippen molar-refractivity contribution in [3.63, 3.8) is 0 Å². The van der Waals surface area contributed by atoms with E-state index < -0.39 is 30.3 Å². The van der Waals surface area contributed by atoms with Crippen molar-refractivity contribution >= 4 is 53.1 Å². The summed E-state index contributed by atoms with van der Waals surface area (Å²) in [5.74, 6) is -2.14. The third-order valence-corrected chi connectivity index (χ3v) is 6.94. The highest BCUT2D eigenvalue weighted by Gasteiger charge is 2.23. The first kappa shape index (κ1) is 35.0. The summed E-state index contributed by atoms with van der Waals surface area (Å²) in [7, 11) is 0. The van der Waals surface area contributed by atoms with Gasteiger partial charge in [-0.2, -0.15) is 0 Å². The van der Waals surface area contributed by atoms with Crippen molar-refractivity contribution in [2.24, 2.45) is 5.73 Å². The first-order valence-corrected chi connectivity index (χ1v) is 15.1. The van der Waals surface area contributed by atoms with Crippen LogP contribution in [-0.4, -0.2) is 96.6 Å². The fraction of sp³-hybridized carbons (Fsp3) is 0.464. The van der Waals surface area contributed by atoms with Gasteiger partial charge in [-0.05, 0) is 18.4 Å². The number of hydrogen-bond donors (Lipinski definition) is 6. The highest BCUT2D eigenvalue weighted by Crippen LogP contribution is 2.08. The number of nitrogens with zero attached hydrogens (tertiary/aromatic N) is 1. The van der Waals surface area contributed by atoms with Gasteiger partial charge in [0.15, 0.2) is 0 Å². The van der Waals surface area contributed by atoms with Crippen molar-refractivity contribution in [1.29, 1.82) is 0 Å². The molecule has 1 aliphatic rings. The number of carbonyl (C=O) groups excluding carboxylic acids is 7. The van der Waals surface area contributed by atoms with Crippen molar-refractivity contribution in [3.05, 3.63) is 48.0 Å². The number of nitrogens with two attached hydrogens (primary N) is 1. The third-order valence-electron chi connectivity index (χ3n) is 6.07. The molecule has 1 heterocycles.